The fraction of sp³-hybridized carbons (Fsp3) is 0.176. The van der Waals surface area contributed by atoms with Crippen LogP contribution < -0.4 is 5.43 Å². The van der Waals surface area contributed by atoms with E-state index in [1.165, 1.54) is 11.1 Å². The Kier molecular flexibility index (Phi) is 4.91. The van der Waals surface area contributed by atoms with Crippen LogP contribution >= 0.6 is 15.9 Å². The molecule has 1 amide bonds. The molecule has 0 spiro atoms. The van der Waals surface area contributed by atoms with E-state index < -0.39 is 0 Å². The normalized spacial score (nSPS) is 11.3. The third kappa shape index (κ3) is 3.79. The highest BCUT2D eigenvalue weighted by Gasteiger charge is 2.08. The van der Waals surface area contributed by atoms with E-state index in [4.69, 9.17) is 0 Å². The van der Waals surface area contributed by atoms with Gasteiger partial charge in [-0.1, -0.05) is 24.3 Å². The van der Waals surface area contributed by atoms with E-state index in [1.54, 1.807) is 6.07 Å². The molecule has 0 unspecified atom stereocenters. The van der Waals surface area contributed by atoms with Crippen LogP contribution in [0.1, 0.15) is 34.0 Å². The maximum atomic E-state index is 12.1. The summed E-state index contributed by atoms with van der Waals surface area (Å²) in [5.41, 5.74) is 7.38. The van der Waals surface area contributed by atoms with Gasteiger partial charge in [0.15, 0.2) is 0 Å². The lowest BCUT2D eigenvalue weighted by Crippen LogP contribution is -2.19. The number of hydrogen-bond acceptors (Lipinski definition) is 2. The van der Waals surface area contributed by atoms with Gasteiger partial charge < -0.3 is 0 Å². The first kappa shape index (κ1) is 15.4. The zero-order valence-electron chi connectivity index (χ0n) is 12.3. The fourth-order valence-corrected chi connectivity index (χ4v) is 2.34. The number of benzene rings is 2. The smallest absolute Gasteiger partial charge is 0.267 e. The lowest BCUT2D eigenvalue weighted by molar-refractivity contribution is 0.0954. The van der Waals surface area contributed by atoms with E-state index in [1.807, 2.05) is 31.2 Å². The van der Waals surface area contributed by atoms with Crippen molar-refractivity contribution in [1.82, 2.24) is 5.43 Å². The summed E-state index contributed by atoms with van der Waals surface area (Å²) in [6.07, 6.45) is 0. The van der Waals surface area contributed by atoms with E-state index in [0.717, 1.165) is 15.7 Å². The molecular formula is C17H17BrN2O. The van der Waals surface area contributed by atoms with Gasteiger partial charge >= 0.3 is 0 Å². The number of carbonyl (C=O) groups excluding carboxylic acids is 1. The first-order chi connectivity index (χ1) is 9.99. The highest BCUT2D eigenvalue weighted by Crippen LogP contribution is 2.15. The number of rotatable bonds is 3. The third-order valence-electron chi connectivity index (χ3n) is 3.37. The van der Waals surface area contributed by atoms with Crippen molar-refractivity contribution in [3.05, 3.63) is 69.2 Å². The van der Waals surface area contributed by atoms with Gasteiger partial charge in [0, 0.05) is 4.47 Å². The van der Waals surface area contributed by atoms with Crippen molar-refractivity contribution in [3.8, 4) is 0 Å². The Bertz CT molecular complexity index is 708. The van der Waals surface area contributed by atoms with Crippen LogP contribution in [0.3, 0.4) is 0 Å². The van der Waals surface area contributed by atoms with Crippen molar-refractivity contribution >= 4 is 27.5 Å². The fourth-order valence-electron chi connectivity index (χ4n) is 1.87. The number of nitrogens with one attached hydrogen (secondary N) is 1. The van der Waals surface area contributed by atoms with Crippen molar-refractivity contribution in [3.63, 3.8) is 0 Å². The number of halogens is 1. The summed E-state index contributed by atoms with van der Waals surface area (Å²) >= 11 is 3.36. The number of hydrazone groups is 1. The van der Waals surface area contributed by atoms with Gasteiger partial charge in [-0.3, -0.25) is 4.79 Å². The lowest BCUT2D eigenvalue weighted by Gasteiger charge is -2.06. The van der Waals surface area contributed by atoms with Gasteiger partial charge in [-0.05, 0) is 71.6 Å². The topological polar surface area (TPSA) is 41.5 Å². The predicted octanol–water partition coefficient (Wildman–Crippen LogP) is 4.22. The van der Waals surface area contributed by atoms with Crippen LogP contribution in [0.4, 0.5) is 0 Å². The molecule has 21 heavy (non-hydrogen) atoms. The standard InChI is InChI=1S/C17H17BrN2O/c1-11-8-9-14(10-12(11)2)13(3)19-20-17(21)15-6-4-5-7-16(15)18/h4-10H,1-3H3,(H,20,21)/b19-13+. The van der Waals surface area contributed by atoms with Crippen molar-refractivity contribution in [2.45, 2.75) is 20.8 Å². The molecule has 2 aromatic carbocycles. The van der Waals surface area contributed by atoms with E-state index in [9.17, 15) is 4.79 Å². The molecule has 0 aliphatic carbocycles. The molecule has 0 fully saturated rings. The molecular weight excluding hydrogens is 328 g/mol. The number of hydrogen-bond donors (Lipinski definition) is 1. The largest absolute Gasteiger partial charge is 0.272 e. The van der Waals surface area contributed by atoms with Crippen LogP contribution in [-0.2, 0) is 0 Å². The molecule has 0 heterocycles. The molecule has 2 aromatic rings. The van der Waals surface area contributed by atoms with Crippen LogP contribution in [0.5, 0.6) is 0 Å². The number of aryl methyl sites for hydroxylation is 2. The predicted molar refractivity (Wildman–Crippen MR) is 89.7 cm³/mol. The van der Waals surface area contributed by atoms with E-state index in [2.05, 4.69) is 52.4 Å². The summed E-state index contributed by atoms with van der Waals surface area (Å²) in [4.78, 5) is 12.1. The maximum absolute atomic E-state index is 12.1. The maximum Gasteiger partial charge on any atom is 0.272 e. The van der Waals surface area contributed by atoms with Crippen molar-refractivity contribution in [2.24, 2.45) is 5.10 Å². The van der Waals surface area contributed by atoms with Gasteiger partial charge in [0.1, 0.15) is 0 Å². The molecule has 2 rings (SSSR count). The van der Waals surface area contributed by atoms with Crippen LogP contribution in [0.2, 0.25) is 0 Å². The summed E-state index contributed by atoms with van der Waals surface area (Å²) in [5, 5.41) is 4.18. The Morgan fingerprint density at radius 3 is 2.48 bits per heavy atom. The number of amides is 1. The quantitative estimate of drug-likeness (QED) is 0.657. The Morgan fingerprint density at radius 2 is 1.81 bits per heavy atom. The molecule has 0 saturated heterocycles. The second kappa shape index (κ2) is 6.68. The summed E-state index contributed by atoms with van der Waals surface area (Å²) in [6.45, 7) is 6.01. The molecule has 0 saturated carbocycles. The summed E-state index contributed by atoms with van der Waals surface area (Å²) in [6, 6.07) is 13.4. The molecule has 0 radical (unpaired) electrons. The molecule has 0 atom stereocenters. The molecule has 0 aliphatic rings. The van der Waals surface area contributed by atoms with Crippen LogP contribution in [0.15, 0.2) is 52.0 Å². The van der Waals surface area contributed by atoms with Gasteiger partial charge in [-0.15, -0.1) is 0 Å². The SMILES string of the molecule is C/C(=N\NC(=O)c1ccccc1Br)c1ccc(C)c(C)c1. The van der Waals surface area contributed by atoms with Crippen molar-refractivity contribution in [1.29, 1.82) is 0 Å². The van der Waals surface area contributed by atoms with Gasteiger partial charge in [0.05, 0.1) is 11.3 Å². The molecule has 0 aliphatic heterocycles. The molecule has 0 bridgehead atoms. The van der Waals surface area contributed by atoms with Crippen LogP contribution in [0, 0.1) is 13.8 Å². The average Bonchev–Trinajstić information content (AvgIpc) is 2.47. The summed E-state index contributed by atoms with van der Waals surface area (Å²) < 4.78 is 0.751. The monoisotopic (exact) mass is 344 g/mol. The third-order valence-corrected chi connectivity index (χ3v) is 4.06. The van der Waals surface area contributed by atoms with Crippen LogP contribution in [0.25, 0.3) is 0 Å². The Morgan fingerprint density at radius 1 is 1.10 bits per heavy atom. The summed E-state index contributed by atoms with van der Waals surface area (Å²) in [5.74, 6) is -0.231. The van der Waals surface area contributed by atoms with Crippen molar-refractivity contribution < 1.29 is 4.79 Å². The summed E-state index contributed by atoms with van der Waals surface area (Å²) in [7, 11) is 0. The average molecular weight is 345 g/mol. The Hall–Kier alpha value is -1.94. The van der Waals surface area contributed by atoms with Gasteiger partial charge in [-0.2, -0.15) is 5.10 Å². The number of carbonyl (C=O) groups is 1. The highest BCUT2D eigenvalue weighted by molar-refractivity contribution is 9.10. The first-order valence-corrected chi connectivity index (χ1v) is 7.45. The molecule has 1 N–H and O–H groups in total. The van der Waals surface area contributed by atoms with E-state index in [-0.39, 0.29) is 5.91 Å². The molecule has 3 nitrogen and oxygen atoms in total. The van der Waals surface area contributed by atoms with Gasteiger partial charge in [-0.25, -0.2) is 5.43 Å². The second-order valence-electron chi connectivity index (χ2n) is 4.92. The van der Waals surface area contributed by atoms with Crippen LogP contribution in [-0.4, -0.2) is 11.6 Å². The van der Waals surface area contributed by atoms with Crippen molar-refractivity contribution in [2.75, 3.05) is 0 Å². The van der Waals surface area contributed by atoms with Gasteiger partial charge in [0.2, 0.25) is 0 Å². The zero-order valence-corrected chi connectivity index (χ0v) is 13.9. The van der Waals surface area contributed by atoms with E-state index in [0.29, 0.717) is 5.56 Å². The minimum atomic E-state index is -0.231. The Balaban J connectivity index is 2.15. The second-order valence-corrected chi connectivity index (χ2v) is 5.77. The highest BCUT2D eigenvalue weighted by atomic mass is 79.9. The molecule has 108 valence electrons. The number of nitrogens with zero attached hydrogens (tertiary/aromatic N) is 1. The molecule has 4 heteroatoms. The van der Waals surface area contributed by atoms with Gasteiger partial charge in [0.25, 0.3) is 5.91 Å². The minimum absolute atomic E-state index is 0.231. The lowest BCUT2D eigenvalue weighted by atomic mass is 10.0. The first-order valence-electron chi connectivity index (χ1n) is 6.66. The Labute approximate surface area is 133 Å². The minimum Gasteiger partial charge on any atom is -0.267 e. The molecule has 0 aromatic heterocycles. The van der Waals surface area contributed by atoms with E-state index >= 15 is 0 Å². The zero-order chi connectivity index (χ0) is 15.4.